The van der Waals surface area contributed by atoms with Crippen molar-refractivity contribution in [3.05, 3.63) is 101 Å². The third kappa shape index (κ3) is 4.75. The van der Waals surface area contributed by atoms with Gasteiger partial charge in [-0.3, -0.25) is 4.79 Å². The van der Waals surface area contributed by atoms with Crippen molar-refractivity contribution in [1.29, 1.82) is 0 Å². The molecule has 0 aliphatic carbocycles. The molecule has 0 atom stereocenters. The molecule has 1 heterocycles. The van der Waals surface area contributed by atoms with Crippen molar-refractivity contribution in [1.82, 2.24) is 9.97 Å². The van der Waals surface area contributed by atoms with Crippen molar-refractivity contribution < 1.29 is 14.3 Å². The van der Waals surface area contributed by atoms with Gasteiger partial charge in [-0.1, -0.05) is 30.3 Å². The molecule has 154 valence electrons. The molecule has 0 unspecified atom stereocenters. The summed E-state index contributed by atoms with van der Waals surface area (Å²) in [6, 6.07) is 21.4. The lowest BCUT2D eigenvalue weighted by molar-refractivity contribution is 0.0472. The normalized spacial score (nSPS) is 10.6. The zero-order valence-electron chi connectivity index (χ0n) is 17.3. The van der Waals surface area contributed by atoms with Gasteiger partial charge in [0.05, 0.1) is 28.0 Å². The Balaban J connectivity index is 1.38. The minimum absolute atomic E-state index is 0.107. The van der Waals surface area contributed by atoms with Crippen LogP contribution in [0.4, 0.5) is 5.69 Å². The van der Waals surface area contributed by atoms with Gasteiger partial charge in [-0.2, -0.15) is 0 Å². The van der Waals surface area contributed by atoms with Crippen LogP contribution in [0.1, 0.15) is 37.7 Å². The molecule has 6 nitrogen and oxygen atoms in total. The van der Waals surface area contributed by atoms with Crippen LogP contribution < -0.4 is 5.32 Å². The second kappa shape index (κ2) is 8.75. The van der Waals surface area contributed by atoms with E-state index >= 15 is 0 Å². The highest BCUT2D eigenvalue weighted by Gasteiger charge is 2.11. The molecule has 0 bridgehead atoms. The highest BCUT2D eigenvalue weighted by Crippen LogP contribution is 2.16. The minimum Gasteiger partial charge on any atom is -0.457 e. The number of ether oxygens (including phenoxy) is 1. The third-order valence-electron chi connectivity index (χ3n) is 4.93. The largest absolute Gasteiger partial charge is 0.457 e. The molecule has 4 rings (SSSR count). The number of anilines is 1. The first-order valence-corrected chi connectivity index (χ1v) is 9.87. The van der Waals surface area contributed by atoms with Crippen LogP contribution in [-0.2, 0) is 11.3 Å². The fraction of sp³-hybridized carbons (Fsp3) is 0.120. The highest BCUT2D eigenvalue weighted by atomic mass is 16.5. The molecule has 1 N–H and O–H groups in total. The summed E-state index contributed by atoms with van der Waals surface area (Å²) in [5.74, 6) is -0.634. The zero-order valence-corrected chi connectivity index (χ0v) is 17.3. The van der Waals surface area contributed by atoms with E-state index in [0.29, 0.717) is 16.6 Å². The Morgan fingerprint density at radius 3 is 2.16 bits per heavy atom. The number of rotatable bonds is 5. The summed E-state index contributed by atoms with van der Waals surface area (Å²) < 4.78 is 5.43. The van der Waals surface area contributed by atoms with Crippen molar-refractivity contribution in [2.24, 2.45) is 0 Å². The first kappa shape index (κ1) is 20.2. The smallest absolute Gasteiger partial charge is 0.338 e. The molecule has 0 saturated heterocycles. The van der Waals surface area contributed by atoms with Crippen molar-refractivity contribution in [3.8, 4) is 0 Å². The van der Waals surface area contributed by atoms with E-state index in [2.05, 4.69) is 15.3 Å². The van der Waals surface area contributed by atoms with Crippen molar-refractivity contribution in [2.45, 2.75) is 20.5 Å². The predicted molar refractivity (Wildman–Crippen MR) is 119 cm³/mol. The summed E-state index contributed by atoms with van der Waals surface area (Å²) in [6.45, 7) is 3.90. The summed E-state index contributed by atoms with van der Waals surface area (Å²) in [6.07, 6.45) is 0. The highest BCUT2D eigenvalue weighted by molar-refractivity contribution is 6.04. The Morgan fingerprint density at radius 2 is 1.45 bits per heavy atom. The molecule has 1 aromatic heterocycles. The van der Waals surface area contributed by atoms with Gasteiger partial charge in [-0.25, -0.2) is 14.8 Å². The van der Waals surface area contributed by atoms with Crippen molar-refractivity contribution in [3.63, 3.8) is 0 Å². The molecule has 0 spiro atoms. The van der Waals surface area contributed by atoms with Gasteiger partial charge >= 0.3 is 5.97 Å². The molecule has 4 aromatic rings. The second-order valence-corrected chi connectivity index (χ2v) is 7.19. The predicted octanol–water partition coefficient (Wildman–Crippen LogP) is 4.86. The molecule has 0 aliphatic heterocycles. The fourth-order valence-corrected chi connectivity index (χ4v) is 3.07. The molecular weight excluding hydrogens is 390 g/mol. The van der Waals surface area contributed by atoms with Gasteiger partial charge in [0.1, 0.15) is 6.61 Å². The number of carbonyl (C=O) groups excluding carboxylic acids is 2. The fourth-order valence-electron chi connectivity index (χ4n) is 3.07. The lowest BCUT2D eigenvalue weighted by Crippen LogP contribution is -2.12. The molecule has 3 aromatic carbocycles. The third-order valence-corrected chi connectivity index (χ3v) is 4.93. The van der Waals surface area contributed by atoms with Gasteiger partial charge in [-0.15, -0.1) is 0 Å². The number of hydrogen-bond donors (Lipinski definition) is 1. The number of amides is 1. The van der Waals surface area contributed by atoms with Crippen LogP contribution in [-0.4, -0.2) is 21.8 Å². The Morgan fingerprint density at radius 1 is 0.806 bits per heavy atom. The van der Waals surface area contributed by atoms with E-state index in [1.807, 2.05) is 44.2 Å². The molecule has 0 fully saturated rings. The summed E-state index contributed by atoms with van der Waals surface area (Å²) >= 11 is 0. The average molecular weight is 411 g/mol. The SMILES string of the molecule is Cc1nc2ccc(C(=O)OCc3ccc(C(=O)Nc4ccccc4)cc3)cc2nc1C. The maximum atomic E-state index is 12.5. The number of carbonyl (C=O) groups is 2. The first-order chi connectivity index (χ1) is 15.0. The van der Waals surface area contributed by atoms with E-state index in [4.69, 9.17) is 4.74 Å². The van der Waals surface area contributed by atoms with E-state index in [-0.39, 0.29) is 12.5 Å². The monoisotopic (exact) mass is 411 g/mol. The molecule has 0 radical (unpaired) electrons. The molecule has 6 heteroatoms. The van der Waals surface area contributed by atoms with Crippen LogP contribution in [0.25, 0.3) is 11.0 Å². The van der Waals surface area contributed by atoms with Gasteiger partial charge in [0.15, 0.2) is 0 Å². The molecule has 0 saturated carbocycles. The number of nitrogens with one attached hydrogen (secondary N) is 1. The Hall–Kier alpha value is -4.06. The van der Waals surface area contributed by atoms with Crippen LogP contribution in [0.3, 0.4) is 0 Å². The average Bonchev–Trinajstić information content (AvgIpc) is 2.79. The van der Waals surface area contributed by atoms with E-state index in [1.54, 1.807) is 42.5 Å². The lowest BCUT2D eigenvalue weighted by Gasteiger charge is -2.08. The first-order valence-electron chi connectivity index (χ1n) is 9.87. The Kier molecular flexibility index (Phi) is 5.71. The van der Waals surface area contributed by atoms with Crippen LogP contribution in [0, 0.1) is 13.8 Å². The number of benzene rings is 3. The number of aryl methyl sites for hydroxylation is 2. The maximum absolute atomic E-state index is 12.5. The van der Waals surface area contributed by atoms with Gasteiger partial charge in [0, 0.05) is 11.3 Å². The minimum atomic E-state index is -0.437. The Bertz CT molecular complexity index is 1250. The maximum Gasteiger partial charge on any atom is 0.338 e. The van der Waals surface area contributed by atoms with Crippen molar-refractivity contribution >= 4 is 28.6 Å². The van der Waals surface area contributed by atoms with Crippen LogP contribution >= 0.6 is 0 Å². The van der Waals surface area contributed by atoms with E-state index in [1.165, 1.54) is 0 Å². The summed E-state index contributed by atoms with van der Waals surface area (Å²) in [5.41, 5.74) is 5.56. The van der Waals surface area contributed by atoms with E-state index in [0.717, 1.165) is 28.2 Å². The summed E-state index contributed by atoms with van der Waals surface area (Å²) in [5, 5.41) is 2.84. The number of aromatic nitrogens is 2. The summed E-state index contributed by atoms with van der Waals surface area (Å²) in [7, 11) is 0. The molecular formula is C25H21N3O3. The quantitative estimate of drug-likeness (QED) is 0.475. The number of fused-ring (bicyclic) bond motifs is 1. The number of hydrogen-bond acceptors (Lipinski definition) is 5. The topological polar surface area (TPSA) is 81.2 Å². The van der Waals surface area contributed by atoms with Crippen LogP contribution in [0.5, 0.6) is 0 Å². The van der Waals surface area contributed by atoms with Gasteiger partial charge < -0.3 is 10.1 Å². The second-order valence-electron chi connectivity index (χ2n) is 7.19. The number of para-hydroxylation sites is 1. The van der Waals surface area contributed by atoms with E-state index < -0.39 is 5.97 Å². The lowest BCUT2D eigenvalue weighted by atomic mass is 10.1. The van der Waals surface area contributed by atoms with Gasteiger partial charge in [0.2, 0.25) is 0 Å². The number of esters is 1. The molecule has 1 amide bonds. The van der Waals surface area contributed by atoms with Crippen LogP contribution in [0.15, 0.2) is 72.8 Å². The van der Waals surface area contributed by atoms with Crippen LogP contribution in [0.2, 0.25) is 0 Å². The van der Waals surface area contributed by atoms with Crippen molar-refractivity contribution in [2.75, 3.05) is 5.32 Å². The Labute approximate surface area is 179 Å². The summed E-state index contributed by atoms with van der Waals surface area (Å²) in [4.78, 5) is 33.7. The van der Waals surface area contributed by atoms with E-state index in [9.17, 15) is 9.59 Å². The number of nitrogens with zero attached hydrogens (tertiary/aromatic N) is 2. The van der Waals surface area contributed by atoms with Gasteiger partial charge in [0.25, 0.3) is 5.91 Å². The van der Waals surface area contributed by atoms with Gasteiger partial charge in [-0.05, 0) is 61.9 Å². The zero-order chi connectivity index (χ0) is 21.8. The molecule has 0 aliphatic rings. The molecule has 31 heavy (non-hydrogen) atoms. The standard InChI is InChI=1S/C25H21N3O3/c1-16-17(2)27-23-14-20(12-13-22(23)26-16)25(30)31-15-18-8-10-19(11-9-18)24(29)28-21-6-4-3-5-7-21/h3-14H,15H2,1-2H3,(H,28,29).